The molecule has 2 amide bonds. The topological polar surface area (TPSA) is 262 Å². The summed E-state index contributed by atoms with van der Waals surface area (Å²) >= 11 is 0. The average molecular weight is 588 g/mol. The Labute approximate surface area is 244 Å². The Bertz CT molecular complexity index is 1690. The summed E-state index contributed by atoms with van der Waals surface area (Å²) in [5, 5.41) is 23.9. The van der Waals surface area contributed by atoms with Crippen LogP contribution < -0.4 is 27.8 Å². The number of hydrogen-bond acceptors (Lipinski definition) is 11. The number of benzene rings is 2. The van der Waals surface area contributed by atoms with Crippen LogP contribution in [0.15, 0.2) is 48.7 Å². The number of amides is 2. The third kappa shape index (κ3) is 7.66. The molecule has 4 aromatic rings. The lowest BCUT2D eigenvalue weighted by atomic mass is 10.0. The van der Waals surface area contributed by atoms with Gasteiger partial charge in [0.2, 0.25) is 5.95 Å². The largest absolute Gasteiger partial charge is 0.480 e. The normalized spacial score (nSPS) is 11.5. The Morgan fingerprint density at radius 1 is 0.860 bits per heavy atom. The number of aliphatic carboxylic acids is 1. The van der Waals surface area contributed by atoms with Crippen molar-refractivity contribution in [1.29, 1.82) is 0 Å². The van der Waals surface area contributed by atoms with E-state index in [-0.39, 0.29) is 53.5 Å². The first-order valence-corrected chi connectivity index (χ1v) is 13.1. The van der Waals surface area contributed by atoms with Gasteiger partial charge in [-0.15, -0.1) is 0 Å². The summed E-state index contributed by atoms with van der Waals surface area (Å²) in [7, 11) is 0. The SMILES string of the molecule is Nc1ccc(C(=O)NCCC[C@H](NC(=O)c2ccc(CCc3cnc4nc(N)nc(N)c4n3)cc2)C(=O)O)c(C(=O)O)c1. The highest BCUT2D eigenvalue weighted by Crippen LogP contribution is 2.16. The molecule has 15 heteroatoms. The number of rotatable bonds is 12. The third-order valence-electron chi connectivity index (χ3n) is 6.46. The van der Waals surface area contributed by atoms with Gasteiger partial charge in [0.1, 0.15) is 6.04 Å². The van der Waals surface area contributed by atoms with Crippen molar-refractivity contribution in [3.8, 4) is 0 Å². The summed E-state index contributed by atoms with van der Waals surface area (Å²) in [5.41, 5.74) is 19.5. The predicted molar refractivity (Wildman–Crippen MR) is 156 cm³/mol. The van der Waals surface area contributed by atoms with Gasteiger partial charge in [0.25, 0.3) is 11.8 Å². The third-order valence-corrected chi connectivity index (χ3v) is 6.46. The second kappa shape index (κ2) is 13.2. The minimum absolute atomic E-state index is 0.0161. The van der Waals surface area contributed by atoms with E-state index in [4.69, 9.17) is 17.2 Å². The fraction of sp³-hybridized carbons (Fsp3) is 0.214. The van der Waals surface area contributed by atoms with Crippen molar-refractivity contribution in [1.82, 2.24) is 30.6 Å². The molecule has 0 fully saturated rings. The Morgan fingerprint density at radius 3 is 2.30 bits per heavy atom. The average Bonchev–Trinajstić information content (AvgIpc) is 2.97. The molecular weight excluding hydrogens is 558 g/mol. The first-order valence-electron chi connectivity index (χ1n) is 13.1. The van der Waals surface area contributed by atoms with E-state index in [1.54, 1.807) is 30.5 Å². The van der Waals surface area contributed by atoms with Crippen molar-refractivity contribution in [3.63, 3.8) is 0 Å². The lowest BCUT2D eigenvalue weighted by Crippen LogP contribution is -2.41. The fourth-order valence-electron chi connectivity index (χ4n) is 4.24. The van der Waals surface area contributed by atoms with E-state index >= 15 is 0 Å². The molecule has 222 valence electrons. The van der Waals surface area contributed by atoms with Crippen LogP contribution in [0.4, 0.5) is 17.5 Å². The maximum atomic E-state index is 12.7. The smallest absolute Gasteiger partial charge is 0.336 e. The number of fused-ring (bicyclic) bond motifs is 1. The molecule has 0 spiro atoms. The molecule has 0 bridgehead atoms. The zero-order chi connectivity index (χ0) is 31.1. The number of nitrogen functional groups attached to an aromatic ring is 3. The molecule has 0 aliphatic rings. The summed E-state index contributed by atoms with van der Waals surface area (Å²) in [5.74, 6) is -3.57. The molecule has 0 aliphatic heterocycles. The minimum Gasteiger partial charge on any atom is -0.480 e. The van der Waals surface area contributed by atoms with Gasteiger partial charge >= 0.3 is 11.9 Å². The van der Waals surface area contributed by atoms with Crippen molar-refractivity contribution in [2.24, 2.45) is 0 Å². The maximum absolute atomic E-state index is 12.7. The predicted octanol–water partition coefficient (Wildman–Crippen LogP) is 1.04. The van der Waals surface area contributed by atoms with E-state index in [9.17, 15) is 29.4 Å². The molecule has 2 aromatic heterocycles. The molecule has 1 atom stereocenters. The van der Waals surface area contributed by atoms with Gasteiger partial charge in [-0.25, -0.2) is 19.6 Å². The molecule has 0 radical (unpaired) electrons. The van der Waals surface area contributed by atoms with Crippen LogP contribution in [0.25, 0.3) is 11.2 Å². The number of anilines is 3. The number of carboxylic acids is 2. The summed E-state index contributed by atoms with van der Waals surface area (Å²) in [4.78, 5) is 64.9. The van der Waals surface area contributed by atoms with Gasteiger partial charge in [-0.2, -0.15) is 9.97 Å². The van der Waals surface area contributed by atoms with Gasteiger partial charge in [-0.1, -0.05) is 12.1 Å². The quantitative estimate of drug-likeness (QED) is 0.0903. The molecule has 43 heavy (non-hydrogen) atoms. The van der Waals surface area contributed by atoms with Crippen LogP contribution in [-0.2, 0) is 17.6 Å². The molecule has 0 saturated heterocycles. The standard InChI is InChI=1S/C28H29N9O6/c29-16-8-10-18(19(12-16)26(40)41)25(39)32-11-1-2-20(27(42)43)35-24(38)15-6-3-14(4-7-15)5-9-17-13-33-23-21(34-17)22(30)36-28(31)37-23/h3-4,6-8,10,12-13,20H,1-2,5,9,11,29H2,(H,32,39)(H,35,38)(H,40,41)(H,42,43)(H4,30,31,33,36,37)/t20-/m0/s1. The maximum Gasteiger partial charge on any atom is 0.336 e. The summed E-state index contributed by atoms with van der Waals surface area (Å²) in [6, 6.07) is 9.41. The van der Waals surface area contributed by atoms with Gasteiger partial charge in [0.15, 0.2) is 17.0 Å². The Morgan fingerprint density at radius 2 is 1.60 bits per heavy atom. The zero-order valence-corrected chi connectivity index (χ0v) is 22.8. The van der Waals surface area contributed by atoms with Crippen molar-refractivity contribution in [2.75, 3.05) is 23.7 Å². The molecule has 0 saturated carbocycles. The van der Waals surface area contributed by atoms with E-state index in [1.165, 1.54) is 18.2 Å². The number of nitrogens with one attached hydrogen (secondary N) is 2. The zero-order valence-electron chi connectivity index (χ0n) is 22.8. The number of carbonyl (C=O) groups excluding carboxylic acids is 2. The van der Waals surface area contributed by atoms with E-state index in [1.807, 2.05) is 0 Å². The first-order chi connectivity index (χ1) is 20.5. The Balaban J connectivity index is 1.27. The second-order valence-corrected chi connectivity index (χ2v) is 9.57. The molecular formula is C28H29N9O6. The van der Waals surface area contributed by atoms with Crippen LogP contribution in [0.2, 0.25) is 0 Å². The lowest BCUT2D eigenvalue weighted by molar-refractivity contribution is -0.139. The van der Waals surface area contributed by atoms with Crippen molar-refractivity contribution >= 4 is 52.4 Å². The molecule has 4 rings (SSSR count). The number of aromatic carboxylic acids is 1. The second-order valence-electron chi connectivity index (χ2n) is 9.57. The molecule has 0 aliphatic carbocycles. The minimum atomic E-state index is -1.30. The summed E-state index contributed by atoms with van der Waals surface area (Å²) in [6.45, 7) is 0.0614. The number of nitrogens with zero attached hydrogens (tertiary/aromatic N) is 4. The van der Waals surface area contributed by atoms with Crippen LogP contribution in [0.3, 0.4) is 0 Å². The van der Waals surface area contributed by atoms with Gasteiger partial charge in [0, 0.05) is 17.8 Å². The van der Waals surface area contributed by atoms with E-state index in [0.717, 1.165) is 5.56 Å². The highest BCUT2D eigenvalue weighted by molar-refractivity contribution is 6.05. The fourth-order valence-corrected chi connectivity index (χ4v) is 4.24. The van der Waals surface area contributed by atoms with Crippen LogP contribution >= 0.6 is 0 Å². The monoisotopic (exact) mass is 587 g/mol. The van der Waals surface area contributed by atoms with Crippen LogP contribution in [-0.4, -0.2) is 66.5 Å². The van der Waals surface area contributed by atoms with E-state index in [2.05, 4.69) is 30.6 Å². The number of aryl methyl sites for hydroxylation is 2. The summed E-state index contributed by atoms with van der Waals surface area (Å²) in [6.07, 6.45) is 2.94. The number of aromatic nitrogens is 4. The molecule has 2 heterocycles. The van der Waals surface area contributed by atoms with Crippen LogP contribution in [0, 0.1) is 0 Å². The van der Waals surface area contributed by atoms with Gasteiger partial charge in [-0.3, -0.25) is 9.59 Å². The van der Waals surface area contributed by atoms with Crippen LogP contribution in [0.1, 0.15) is 55.2 Å². The molecule has 2 aromatic carbocycles. The van der Waals surface area contributed by atoms with Crippen molar-refractivity contribution < 1.29 is 29.4 Å². The van der Waals surface area contributed by atoms with Crippen molar-refractivity contribution in [3.05, 3.63) is 76.6 Å². The highest BCUT2D eigenvalue weighted by Gasteiger charge is 2.21. The van der Waals surface area contributed by atoms with Crippen molar-refractivity contribution in [2.45, 2.75) is 31.7 Å². The number of carboxylic acid groups (broad SMARTS) is 2. The van der Waals surface area contributed by atoms with Gasteiger partial charge in [-0.05, 0) is 61.6 Å². The van der Waals surface area contributed by atoms with Gasteiger partial charge < -0.3 is 38.0 Å². The Hall–Kier alpha value is -5.86. The van der Waals surface area contributed by atoms with E-state index in [0.29, 0.717) is 29.7 Å². The first kappa shape index (κ1) is 30.1. The molecule has 15 nitrogen and oxygen atoms in total. The molecule has 0 unspecified atom stereocenters. The van der Waals surface area contributed by atoms with Crippen LogP contribution in [0.5, 0.6) is 0 Å². The summed E-state index contributed by atoms with van der Waals surface area (Å²) < 4.78 is 0. The number of hydrogen-bond donors (Lipinski definition) is 7. The van der Waals surface area contributed by atoms with Gasteiger partial charge in [0.05, 0.1) is 23.0 Å². The number of carbonyl (C=O) groups is 4. The number of nitrogens with two attached hydrogens (primary N) is 3. The Kier molecular flexibility index (Phi) is 9.24. The van der Waals surface area contributed by atoms with E-state index < -0.39 is 29.8 Å². The molecule has 10 N–H and O–H groups in total. The lowest BCUT2D eigenvalue weighted by Gasteiger charge is -2.15. The highest BCUT2D eigenvalue weighted by atomic mass is 16.4.